The summed E-state index contributed by atoms with van der Waals surface area (Å²) in [5, 5.41) is 2.16. The molecule has 0 saturated heterocycles. The molecule has 4 rings (SSSR count). The van der Waals surface area contributed by atoms with Gasteiger partial charge < -0.3 is 4.74 Å². The minimum Gasteiger partial charge on any atom is -0.468 e. The number of Topliss-reactive ketones (excluding diaryl/α,β-unsaturated/α-hetero) is 1. The SMILES string of the molecule is COC(=O)C1C(C)=NC2=C(C(=O)CCC2)[C@H]1c1cccc2ccccc12. The lowest BCUT2D eigenvalue weighted by atomic mass is 9.71. The molecule has 1 unspecified atom stereocenters. The van der Waals surface area contributed by atoms with Crippen molar-refractivity contribution >= 4 is 28.2 Å². The van der Waals surface area contributed by atoms with E-state index in [1.54, 1.807) is 0 Å². The molecule has 1 aliphatic heterocycles. The number of ketones is 1. The molecule has 0 saturated carbocycles. The molecule has 0 fully saturated rings. The second-order valence-electron chi connectivity index (χ2n) is 6.94. The minimum atomic E-state index is -0.563. The fraction of sp³-hybridized carbons (Fsp3) is 0.318. The molecule has 2 aliphatic rings. The number of allylic oxidation sites excluding steroid dienone is 2. The Labute approximate surface area is 152 Å². The third kappa shape index (κ3) is 2.57. The van der Waals surface area contributed by atoms with Gasteiger partial charge in [0.15, 0.2) is 5.78 Å². The first-order valence-electron chi connectivity index (χ1n) is 8.98. The Morgan fingerprint density at radius 1 is 1.12 bits per heavy atom. The number of carbonyl (C=O) groups excluding carboxylic acids is 2. The number of carbonyl (C=O) groups is 2. The molecule has 0 amide bonds. The van der Waals surface area contributed by atoms with Crippen LogP contribution in [0, 0.1) is 5.92 Å². The van der Waals surface area contributed by atoms with E-state index in [2.05, 4.69) is 4.99 Å². The van der Waals surface area contributed by atoms with Crippen molar-refractivity contribution in [2.75, 3.05) is 7.11 Å². The van der Waals surface area contributed by atoms with Crippen molar-refractivity contribution < 1.29 is 14.3 Å². The summed E-state index contributed by atoms with van der Waals surface area (Å²) in [4.78, 5) is 30.1. The van der Waals surface area contributed by atoms with Crippen LogP contribution in [0.5, 0.6) is 0 Å². The van der Waals surface area contributed by atoms with Gasteiger partial charge in [-0.15, -0.1) is 0 Å². The van der Waals surface area contributed by atoms with Gasteiger partial charge in [0.05, 0.1) is 7.11 Å². The molecular formula is C22H21NO3. The minimum absolute atomic E-state index is 0.106. The Kier molecular flexibility index (Phi) is 4.19. The third-order valence-electron chi connectivity index (χ3n) is 5.45. The topological polar surface area (TPSA) is 55.7 Å². The molecule has 1 heterocycles. The number of ether oxygens (including phenoxy) is 1. The summed E-state index contributed by atoms with van der Waals surface area (Å²) in [6.07, 6.45) is 2.12. The van der Waals surface area contributed by atoms with Crippen LogP contribution in [0.1, 0.15) is 37.7 Å². The number of benzene rings is 2. The molecule has 2 atom stereocenters. The van der Waals surface area contributed by atoms with Crippen molar-refractivity contribution in [2.24, 2.45) is 10.9 Å². The second kappa shape index (κ2) is 6.52. The van der Waals surface area contributed by atoms with Gasteiger partial charge >= 0.3 is 5.97 Å². The molecule has 0 N–H and O–H groups in total. The number of aliphatic imine (C=N–C) groups is 1. The van der Waals surface area contributed by atoms with Gasteiger partial charge in [0.2, 0.25) is 0 Å². The van der Waals surface area contributed by atoms with Crippen molar-refractivity contribution in [1.29, 1.82) is 0 Å². The standard InChI is InChI=1S/C22H21NO3/c1-13-19(22(25)26-2)20(21-17(23-13)11-6-12-18(21)24)16-10-5-8-14-7-3-4-9-15(14)16/h3-5,7-10,19-20H,6,11-12H2,1-2H3/t19?,20-/m0/s1. The highest BCUT2D eigenvalue weighted by Gasteiger charge is 2.43. The third-order valence-corrected chi connectivity index (χ3v) is 5.45. The van der Waals surface area contributed by atoms with Crippen molar-refractivity contribution in [3.8, 4) is 0 Å². The van der Waals surface area contributed by atoms with E-state index in [0.29, 0.717) is 12.0 Å². The summed E-state index contributed by atoms with van der Waals surface area (Å²) in [6, 6.07) is 14.1. The molecule has 4 heteroatoms. The Morgan fingerprint density at radius 2 is 1.88 bits per heavy atom. The highest BCUT2D eigenvalue weighted by atomic mass is 16.5. The van der Waals surface area contributed by atoms with Gasteiger partial charge in [-0.1, -0.05) is 42.5 Å². The van der Waals surface area contributed by atoms with E-state index >= 15 is 0 Å². The van der Waals surface area contributed by atoms with Crippen LogP contribution in [0.25, 0.3) is 10.8 Å². The van der Waals surface area contributed by atoms with E-state index in [-0.39, 0.29) is 17.7 Å². The zero-order chi connectivity index (χ0) is 18.3. The van der Waals surface area contributed by atoms with E-state index in [1.807, 2.05) is 49.4 Å². The summed E-state index contributed by atoms with van der Waals surface area (Å²) in [5.41, 5.74) is 3.27. The molecule has 1 aliphatic carbocycles. The fourth-order valence-corrected chi connectivity index (χ4v) is 4.30. The molecule has 0 spiro atoms. The zero-order valence-electron chi connectivity index (χ0n) is 15.0. The largest absolute Gasteiger partial charge is 0.468 e. The lowest BCUT2D eigenvalue weighted by molar-refractivity contribution is -0.143. The van der Waals surface area contributed by atoms with Crippen LogP contribution in [0.4, 0.5) is 0 Å². The zero-order valence-corrected chi connectivity index (χ0v) is 15.0. The van der Waals surface area contributed by atoms with E-state index in [0.717, 1.165) is 40.6 Å². The first-order valence-corrected chi connectivity index (χ1v) is 8.98. The highest BCUT2D eigenvalue weighted by molar-refractivity contribution is 6.09. The highest BCUT2D eigenvalue weighted by Crippen LogP contribution is 2.45. The Morgan fingerprint density at radius 3 is 2.69 bits per heavy atom. The number of methoxy groups -OCH3 is 1. The normalized spacial score (nSPS) is 22.8. The summed E-state index contributed by atoms with van der Waals surface area (Å²) < 4.78 is 5.09. The molecule has 26 heavy (non-hydrogen) atoms. The van der Waals surface area contributed by atoms with Gasteiger partial charge in [-0.2, -0.15) is 0 Å². The Balaban J connectivity index is 1.99. The number of rotatable bonds is 2. The van der Waals surface area contributed by atoms with E-state index in [9.17, 15) is 9.59 Å². The average molecular weight is 347 g/mol. The maximum absolute atomic E-state index is 12.8. The maximum Gasteiger partial charge on any atom is 0.315 e. The van der Waals surface area contributed by atoms with Crippen LogP contribution in [-0.2, 0) is 14.3 Å². The van der Waals surface area contributed by atoms with Crippen LogP contribution in [0.2, 0.25) is 0 Å². The molecule has 0 radical (unpaired) electrons. The molecule has 132 valence electrons. The molecule has 4 nitrogen and oxygen atoms in total. The summed E-state index contributed by atoms with van der Waals surface area (Å²) in [7, 11) is 1.39. The van der Waals surface area contributed by atoms with Crippen LogP contribution in [0.3, 0.4) is 0 Å². The van der Waals surface area contributed by atoms with Gasteiger partial charge in [0, 0.05) is 29.3 Å². The monoisotopic (exact) mass is 347 g/mol. The predicted molar refractivity (Wildman–Crippen MR) is 101 cm³/mol. The van der Waals surface area contributed by atoms with Crippen LogP contribution >= 0.6 is 0 Å². The molecule has 2 aromatic rings. The summed E-state index contributed by atoms with van der Waals surface area (Å²) >= 11 is 0. The lowest BCUT2D eigenvalue weighted by Gasteiger charge is -2.34. The number of esters is 1. The van der Waals surface area contributed by atoms with Crippen LogP contribution in [-0.4, -0.2) is 24.6 Å². The lowest BCUT2D eigenvalue weighted by Crippen LogP contribution is -2.37. The van der Waals surface area contributed by atoms with Gasteiger partial charge in [-0.3, -0.25) is 14.6 Å². The maximum atomic E-state index is 12.8. The molecular weight excluding hydrogens is 326 g/mol. The van der Waals surface area contributed by atoms with Crippen molar-refractivity contribution in [3.05, 3.63) is 59.3 Å². The number of hydrogen-bond donors (Lipinski definition) is 0. The summed E-state index contributed by atoms with van der Waals surface area (Å²) in [5.74, 6) is -1.14. The van der Waals surface area contributed by atoms with E-state index < -0.39 is 5.92 Å². The van der Waals surface area contributed by atoms with Crippen molar-refractivity contribution in [3.63, 3.8) is 0 Å². The van der Waals surface area contributed by atoms with E-state index in [4.69, 9.17) is 4.74 Å². The smallest absolute Gasteiger partial charge is 0.315 e. The van der Waals surface area contributed by atoms with Gasteiger partial charge in [0.1, 0.15) is 5.92 Å². The Bertz CT molecular complexity index is 965. The number of fused-ring (bicyclic) bond motifs is 1. The van der Waals surface area contributed by atoms with Gasteiger partial charge in [-0.05, 0) is 36.1 Å². The number of nitrogens with zero attached hydrogens (tertiary/aromatic N) is 1. The van der Waals surface area contributed by atoms with Crippen LogP contribution in [0.15, 0.2) is 58.7 Å². The molecule has 0 bridgehead atoms. The first kappa shape index (κ1) is 16.7. The summed E-state index contributed by atoms with van der Waals surface area (Å²) in [6.45, 7) is 1.86. The predicted octanol–water partition coefficient (Wildman–Crippen LogP) is 4.19. The Hall–Kier alpha value is -2.75. The second-order valence-corrected chi connectivity index (χ2v) is 6.94. The first-order chi connectivity index (χ1) is 12.6. The van der Waals surface area contributed by atoms with Gasteiger partial charge in [0.25, 0.3) is 0 Å². The molecule has 2 aromatic carbocycles. The van der Waals surface area contributed by atoms with Crippen LogP contribution < -0.4 is 0 Å². The quantitative estimate of drug-likeness (QED) is 0.765. The van der Waals surface area contributed by atoms with E-state index in [1.165, 1.54) is 7.11 Å². The average Bonchev–Trinajstić information content (AvgIpc) is 2.66. The van der Waals surface area contributed by atoms with Crippen molar-refractivity contribution in [2.45, 2.75) is 32.1 Å². The molecule has 0 aromatic heterocycles. The number of hydrogen-bond acceptors (Lipinski definition) is 4. The fourth-order valence-electron chi connectivity index (χ4n) is 4.30. The van der Waals surface area contributed by atoms with Gasteiger partial charge in [-0.25, -0.2) is 0 Å². The van der Waals surface area contributed by atoms with Crippen molar-refractivity contribution in [1.82, 2.24) is 0 Å².